The van der Waals surface area contributed by atoms with Crippen LogP contribution in [0.3, 0.4) is 0 Å². The van der Waals surface area contributed by atoms with E-state index in [4.69, 9.17) is 17.3 Å². The molecule has 18 heavy (non-hydrogen) atoms. The van der Waals surface area contributed by atoms with Gasteiger partial charge in [-0.3, -0.25) is 0 Å². The molecule has 0 saturated heterocycles. The van der Waals surface area contributed by atoms with Crippen LogP contribution < -0.4 is 5.73 Å². The summed E-state index contributed by atoms with van der Waals surface area (Å²) >= 11 is 8.68. The molecule has 0 aromatic carbocycles. The molecule has 0 saturated carbocycles. The van der Waals surface area contributed by atoms with Gasteiger partial charge in [0.25, 0.3) is 0 Å². The van der Waals surface area contributed by atoms with Crippen molar-refractivity contribution >= 4 is 34.9 Å². The lowest BCUT2D eigenvalue weighted by atomic mass is 10.4. The van der Waals surface area contributed by atoms with Gasteiger partial charge in [0, 0.05) is 23.3 Å². The monoisotopic (exact) mass is 304 g/mol. The van der Waals surface area contributed by atoms with Gasteiger partial charge in [0.05, 0.1) is 6.54 Å². The number of hydrogen-bond acceptors (Lipinski definition) is 7. The highest BCUT2D eigenvalue weighted by molar-refractivity contribution is 7.98. The Hall–Kier alpha value is -0.700. The zero-order valence-electron chi connectivity index (χ0n) is 10.00. The summed E-state index contributed by atoms with van der Waals surface area (Å²) in [7, 11) is 0. The lowest BCUT2D eigenvalue weighted by Gasteiger charge is -2.12. The molecule has 98 valence electrons. The molecule has 2 rings (SSSR count). The molecule has 2 aromatic rings. The lowest BCUT2D eigenvalue weighted by Crippen LogP contribution is -2.11. The van der Waals surface area contributed by atoms with Crippen LogP contribution in [-0.2, 0) is 12.3 Å². The van der Waals surface area contributed by atoms with Gasteiger partial charge in [-0.05, 0) is 13.8 Å². The Kier molecular flexibility index (Phi) is 4.55. The minimum Gasteiger partial charge on any atom is -0.324 e. The normalized spacial score (nSPS) is 11.4. The van der Waals surface area contributed by atoms with Crippen molar-refractivity contribution in [2.75, 3.05) is 0 Å². The van der Waals surface area contributed by atoms with Crippen molar-refractivity contribution in [3.05, 3.63) is 15.9 Å². The molecule has 6 nitrogen and oxygen atoms in total. The Morgan fingerprint density at radius 1 is 1.39 bits per heavy atom. The minimum atomic E-state index is 0.269. The molecule has 0 spiro atoms. The average Bonchev–Trinajstić information content (AvgIpc) is 2.92. The van der Waals surface area contributed by atoms with Crippen LogP contribution in [0.15, 0.2) is 5.16 Å². The lowest BCUT2D eigenvalue weighted by molar-refractivity contribution is 0.526. The van der Waals surface area contributed by atoms with E-state index in [-0.39, 0.29) is 6.04 Å². The van der Waals surface area contributed by atoms with Gasteiger partial charge in [0.2, 0.25) is 0 Å². The molecule has 0 amide bonds. The van der Waals surface area contributed by atoms with Crippen molar-refractivity contribution in [1.29, 1.82) is 0 Å². The van der Waals surface area contributed by atoms with E-state index in [9.17, 15) is 0 Å². The van der Waals surface area contributed by atoms with Gasteiger partial charge >= 0.3 is 0 Å². The first-order chi connectivity index (χ1) is 8.63. The summed E-state index contributed by atoms with van der Waals surface area (Å²) in [4.78, 5) is 0. The fourth-order valence-corrected chi connectivity index (χ4v) is 3.30. The van der Waals surface area contributed by atoms with E-state index in [1.807, 2.05) is 4.57 Å². The Labute approximate surface area is 118 Å². The Balaban J connectivity index is 2.14. The topological polar surface area (TPSA) is 82.5 Å². The molecule has 2 N–H and O–H groups in total. The first-order valence-corrected chi connectivity index (χ1v) is 7.50. The first-order valence-electron chi connectivity index (χ1n) is 5.36. The Morgan fingerprint density at radius 3 is 2.72 bits per heavy atom. The van der Waals surface area contributed by atoms with Crippen LogP contribution in [0, 0.1) is 0 Å². The van der Waals surface area contributed by atoms with Gasteiger partial charge < -0.3 is 10.3 Å². The molecule has 2 heterocycles. The van der Waals surface area contributed by atoms with Crippen LogP contribution in [0.25, 0.3) is 0 Å². The van der Waals surface area contributed by atoms with Gasteiger partial charge in [-0.25, -0.2) is 0 Å². The molecule has 0 fully saturated rings. The Morgan fingerprint density at radius 2 is 2.17 bits per heavy atom. The van der Waals surface area contributed by atoms with E-state index < -0.39 is 0 Å². The van der Waals surface area contributed by atoms with Crippen molar-refractivity contribution in [3.63, 3.8) is 0 Å². The van der Waals surface area contributed by atoms with E-state index in [2.05, 4.69) is 33.6 Å². The fraction of sp³-hybridized carbons (Fsp3) is 0.556. The predicted molar refractivity (Wildman–Crippen MR) is 72.8 cm³/mol. The van der Waals surface area contributed by atoms with Crippen LogP contribution in [0.2, 0.25) is 4.34 Å². The highest BCUT2D eigenvalue weighted by atomic mass is 35.5. The largest absolute Gasteiger partial charge is 0.324 e. The van der Waals surface area contributed by atoms with Crippen LogP contribution in [0.4, 0.5) is 0 Å². The maximum atomic E-state index is 5.96. The Bertz CT molecular complexity index is 523. The molecular weight excluding hydrogens is 292 g/mol. The number of aromatic nitrogens is 5. The third-order valence-electron chi connectivity index (χ3n) is 2.28. The van der Waals surface area contributed by atoms with E-state index in [1.54, 1.807) is 0 Å². The summed E-state index contributed by atoms with van der Waals surface area (Å²) in [5, 5.41) is 13.0. The van der Waals surface area contributed by atoms with Gasteiger partial charge in [-0.2, -0.15) is 0 Å². The summed E-state index contributed by atoms with van der Waals surface area (Å²) in [5.41, 5.74) is 6.42. The third-order valence-corrected chi connectivity index (χ3v) is 4.22. The van der Waals surface area contributed by atoms with E-state index in [1.165, 1.54) is 23.3 Å². The maximum Gasteiger partial charge on any atom is 0.191 e. The average molecular weight is 305 g/mol. The van der Waals surface area contributed by atoms with Crippen molar-refractivity contribution in [1.82, 2.24) is 24.4 Å². The van der Waals surface area contributed by atoms with Crippen LogP contribution in [0.5, 0.6) is 0 Å². The van der Waals surface area contributed by atoms with Gasteiger partial charge in [0.1, 0.15) is 15.9 Å². The summed E-state index contributed by atoms with van der Waals surface area (Å²) in [6.45, 7) is 4.53. The smallest absolute Gasteiger partial charge is 0.191 e. The highest BCUT2D eigenvalue weighted by Crippen LogP contribution is 2.27. The molecule has 0 aliphatic carbocycles. The van der Waals surface area contributed by atoms with Gasteiger partial charge in [-0.1, -0.05) is 27.9 Å². The standard InChI is InChI=1S/C9H13ClN6S2/c1-5(2)16-7(3-11)13-14-9(16)17-4-6-8(10)18-15-12-6/h5H,3-4,11H2,1-2H3. The van der Waals surface area contributed by atoms with Gasteiger partial charge in [-0.15, -0.1) is 15.3 Å². The van der Waals surface area contributed by atoms with Gasteiger partial charge in [0.15, 0.2) is 5.16 Å². The second kappa shape index (κ2) is 5.96. The first kappa shape index (κ1) is 13.7. The van der Waals surface area contributed by atoms with Crippen molar-refractivity contribution in [3.8, 4) is 0 Å². The summed E-state index contributed by atoms with van der Waals surface area (Å²) in [5.74, 6) is 1.42. The number of nitrogens with zero attached hydrogens (tertiary/aromatic N) is 5. The number of hydrogen-bond donors (Lipinski definition) is 1. The van der Waals surface area contributed by atoms with Crippen molar-refractivity contribution < 1.29 is 0 Å². The maximum absolute atomic E-state index is 5.96. The molecule has 0 aliphatic rings. The van der Waals surface area contributed by atoms with E-state index in [0.29, 0.717) is 16.6 Å². The molecular formula is C9H13ClN6S2. The number of rotatable bonds is 5. The molecule has 0 bridgehead atoms. The fourth-order valence-electron chi connectivity index (χ4n) is 1.48. The molecule has 0 unspecified atom stereocenters. The van der Waals surface area contributed by atoms with Crippen LogP contribution in [-0.4, -0.2) is 24.4 Å². The zero-order valence-corrected chi connectivity index (χ0v) is 12.4. The minimum absolute atomic E-state index is 0.269. The van der Waals surface area contributed by atoms with E-state index in [0.717, 1.165) is 16.7 Å². The molecule has 0 radical (unpaired) electrons. The second-order valence-corrected chi connectivity index (χ2v) is 6.15. The predicted octanol–water partition coefficient (Wildman–Crippen LogP) is 2.11. The SMILES string of the molecule is CC(C)n1c(CN)nnc1SCc1nnsc1Cl. The summed E-state index contributed by atoms with van der Waals surface area (Å²) < 4.78 is 6.44. The quantitative estimate of drug-likeness (QED) is 0.852. The van der Waals surface area contributed by atoms with Crippen LogP contribution >= 0.6 is 34.9 Å². The molecule has 0 atom stereocenters. The summed E-state index contributed by atoms with van der Waals surface area (Å²) in [6, 6.07) is 0.269. The second-order valence-electron chi connectivity index (χ2n) is 3.85. The molecule has 0 aliphatic heterocycles. The van der Waals surface area contributed by atoms with E-state index >= 15 is 0 Å². The van der Waals surface area contributed by atoms with Crippen molar-refractivity contribution in [2.45, 2.75) is 37.3 Å². The van der Waals surface area contributed by atoms with Crippen molar-refractivity contribution in [2.24, 2.45) is 5.73 Å². The zero-order chi connectivity index (χ0) is 13.1. The molecule has 2 aromatic heterocycles. The summed E-state index contributed by atoms with van der Waals surface area (Å²) in [6.07, 6.45) is 0. The number of thioether (sulfide) groups is 1. The number of nitrogens with two attached hydrogens (primary N) is 1. The third kappa shape index (κ3) is 2.82. The molecule has 9 heteroatoms. The van der Waals surface area contributed by atoms with Crippen LogP contribution in [0.1, 0.15) is 31.4 Å². The number of halogens is 1. The highest BCUT2D eigenvalue weighted by Gasteiger charge is 2.15.